The van der Waals surface area contributed by atoms with E-state index < -0.39 is 29.6 Å². The fraction of sp³-hybridized carbons (Fsp3) is 0.810. The molecule has 0 rings (SSSR count). The van der Waals surface area contributed by atoms with Crippen molar-refractivity contribution in [3.8, 4) is 0 Å². The Labute approximate surface area is 195 Å². The molecule has 12 heteroatoms. The third-order valence-electron chi connectivity index (χ3n) is 4.15. The quantitative estimate of drug-likeness (QED) is 0.125. The normalized spacial score (nSPS) is 13.1. The molecular weight excluding hydrogens is 436 g/mol. The van der Waals surface area contributed by atoms with Gasteiger partial charge in [-0.15, -0.1) is 0 Å². The number of rotatable bonds is 18. The summed E-state index contributed by atoms with van der Waals surface area (Å²) in [6, 6.07) is -1.73. The Morgan fingerprint density at radius 1 is 0.848 bits per heavy atom. The van der Waals surface area contributed by atoms with E-state index in [1.165, 1.54) is 0 Å². The molecule has 0 aromatic rings. The number of esters is 1. The van der Waals surface area contributed by atoms with Crippen LogP contribution in [0.5, 0.6) is 0 Å². The van der Waals surface area contributed by atoms with E-state index in [0.717, 1.165) is 0 Å². The highest BCUT2D eigenvalue weighted by atomic mass is 16.6. The number of ether oxygens (including phenoxy) is 3. The van der Waals surface area contributed by atoms with Gasteiger partial charge >= 0.3 is 11.9 Å². The monoisotopic (exact) mass is 476 g/mol. The summed E-state index contributed by atoms with van der Waals surface area (Å²) < 4.78 is 15.7. The average molecular weight is 477 g/mol. The zero-order valence-corrected chi connectivity index (χ0v) is 19.9. The predicted octanol–water partition coefficient (Wildman–Crippen LogP) is -0.717. The van der Waals surface area contributed by atoms with Gasteiger partial charge < -0.3 is 41.4 Å². The summed E-state index contributed by atoms with van der Waals surface area (Å²) in [5, 5.41) is 14.0. The molecule has 0 saturated carbocycles. The second kappa shape index (κ2) is 17.2. The highest BCUT2D eigenvalue weighted by Gasteiger charge is 2.22. The fourth-order valence-corrected chi connectivity index (χ4v) is 2.41. The standard InChI is InChI=1S/C21H40N4O8/c1-21(2,3)33-20(30)16(23)7-8-17(26)25-10-11-31-12-13-32-14-18(27)24-9-5-4-6-15(22)19(28)29/h15-16H,4-14,22-23H2,1-3H3,(H,24,27)(H,25,26)(H,28,29)/t15-,16-/m0/s1. The number of unbranched alkanes of at least 4 members (excludes halogenated alkanes) is 1. The minimum atomic E-state index is -1.03. The minimum Gasteiger partial charge on any atom is -0.480 e. The number of carboxylic acids is 1. The molecule has 2 amide bonds. The van der Waals surface area contributed by atoms with Crippen LogP contribution in [0, 0.1) is 0 Å². The first-order chi connectivity index (χ1) is 15.4. The molecule has 0 unspecified atom stereocenters. The van der Waals surface area contributed by atoms with Crippen LogP contribution in [-0.2, 0) is 33.4 Å². The number of hydrogen-bond donors (Lipinski definition) is 5. The first-order valence-electron chi connectivity index (χ1n) is 11.1. The van der Waals surface area contributed by atoms with Crippen molar-refractivity contribution in [1.82, 2.24) is 10.6 Å². The summed E-state index contributed by atoms with van der Waals surface area (Å²) >= 11 is 0. The first kappa shape index (κ1) is 30.7. The maximum atomic E-state index is 11.8. The van der Waals surface area contributed by atoms with Crippen molar-refractivity contribution in [1.29, 1.82) is 0 Å². The summed E-state index contributed by atoms with van der Waals surface area (Å²) in [4.78, 5) is 45.7. The van der Waals surface area contributed by atoms with Crippen LogP contribution in [0.25, 0.3) is 0 Å². The van der Waals surface area contributed by atoms with Gasteiger partial charge in [-0.2, -0.15) is 0 Å². The Hall–Kier alpha value is -2.28. The van der Waals surface area contributed by atoms with Crippen LogP contribution in [0.15, 0.2) is 0 Å². The first-order valence-corrected chi connectivity index (χ1v) is 11.1. The molecule has 7 N–H and O–H groups in total. The second-order valence-electron chi connectivity index (χ2n) is 8.48. The number of aliphatic carboxylic acids is 1. The van der Waals surface area contributed by atoms with Crippen molar-refractivity contribution in [3.63, 3.8) is 0 Å². The van der Waals surface area contributed by atoms with Gasteiger partial charge in [0, 0.05) is 19.5 Å². The average Bonchev–Trinajstić information content (AvgIpc) is 2.71. The Morgan fingerprint density at radius 3 is 2.12 bits per heavy atom. The number of amides is 2. The lowest BCUT2D eigenvalue weighted by atomic mass is 10.1. The van der Waals surface area contributed by atoms with Crippen molar-refractivity contribution in [3.05, 3.63) is 0 Å². The largest absolute Gasteiger partial charge is 0.480 e. The van der Waals surface area contributed by atoms with Crippen molar-refractivity contribution >= 4 is 23.8 Å². The van der Waals surface area contributed by atoms with Crippen LogP contribution in [0.1, 0.15) is 52.9 Å². The van der Waals surface area contributed by atoms with E-state index in [1.54, 1.807) is 20.8 Å². The van der Waals surface area contributed by atoms with Crippen molar-refractivity contribution in [2.24, 2.45) is 11.5 Å². The van der Waals surface area contributed by atoms with Crippen molar-refractivity contribution in [2.45, 2.75) is 70.6 Å². The van der Waals surface area contributed by atoms with Gasteiger partial charge in [0.25, 0.3) is 0 Å². The lowest BCUT2D eigenvalue weighted by Gasteiger charge is -2.22. The number of carboxylic acid groups (broad SMARTS) is 1. The van der Waals surface area contributed by atoms with Crippen LogP contribution in [0.4, 0.5) is 0 Å². The number of nitrogens with one attached hydrogen (secondary N) is 2. The third-order valence-corrected chi connectivity index (χ3v) is 4.15. The van der Waals surface area contributed by atoms with E-state index in [0.29, 0.717) is 32.4 Å². The van der Waals surface area contributed by atoms with Gasteiger partial charge in [-0.25, -0.2) is 0 Å². The van der Waals surface area contributed by atoms with Crippen LogP contribution < -0.4 is 22.1 Å². The molecule has 2 atom stereocenters. The van der Waals surface area contributed by atoms with Gasteiger partial charge in [-0.3, -0.25) is 19.2 Å². The van der Waals surface area contributed by atoms with E-state index in [4.69, 9.17) is 30.8 Å². The number of nitrogens with two attached hydrogens (primary N) is 2. The summed E-state index contributed by atoms with van der Waals surface area (Å²) in [6.45, 7) is 6.62. The lowest BCUT2D eigenvalue weighted by molar-refractivity contribution is -0.156. The van der Waals surface area contributed by atoms with Crippen LogP contribution in [0.3, 0.4) is 0 Å². The molecule has 0 aliphatic rings. The van der Waals surface area contributed by atoms with E-state index in [2.05, 4.69) is 10.6 Å². The molecule has 0 bridgehead atoms. The highest BCUT2D eigenvalue weighted by molar-refractivity contribution is 5.79. The molecule has 0 heterocycles. The molecule has 0 radical (unpaired) electrons. The molecule has 0 aliphatic carbocycles. The summed E-state index contributed by atoms with van der Waals surface area (Å²) in [6.07, 6.45) is 1.89. The summed E-state index contributed by atoms with van der Waals surface area (Å²) in [5.74, 6) is -2.07. The zero-order chi connectivity index (χ0) is 25.3. The molecule has 33 heavy (non-hydrogen) atoms. The number of carbonyl (C=O) groups excluding carboxylic acids is 3. The summed E-state index contributed by atoms with van der Waals surface area (Å²) in [5.41, 5.74) is 10.5. The SMILES string of the molecule is CC(C)(C)OC(=O)[C@@H](N)CCC(=O)NCCOCCOCC(=O)NCCCC[C@H](N)C(=O)O. The highest BCUT2D eigenvalue weighted by Crippen LogP contribution is 2.09. The molecule has 12 nitrogen and oxygen atoms in total. The summed E-state index contributed by atoms with van der Waals surface area (Å²) in [7, 11) is 0. The van der Waals surface area contributed by atoms with Crippen LogP contribution in [0.2, 0.25) is 0 Å². The Balaban J connectivity index is 3.57. The molecule has 0 spiro atoms. The van der Waals surface area contributed by atoms with Gasteiger partial charge in [-0.1, -0.05) is 0 Å². The van der Waals surface area contributed by atoms with Gasteiger partial charge in [0.15, 0.2) is 0 Å². The predicted molar refractivity (Wildman–Crippen MR) is 120 cm³/mol. The van der Waals surface area contributed by atoms with Gasteiger partial charge in [0.05, 0.1) is 19.8 Å². The third kappa shape index (κ3) is 18.9. The van der Waals surface area contributed by atoms with Crippen molar-refractivity contribution in [2.75, 3.05) is 39.5 Å². The lowest BCUT2D eigenvalue weighted by Crippen LogP contribution is -2.38. The van der Waals surface area contributed by atoms with Crippen LogP contribution >= 0.6 is 0 Å². The van der Waals surface area contributed by atoms with E-state index in [-0.39, 0.29) is 51.1 Å². The molecule has 0 aromatic carbocycles. The Bertz CT molecular complexity index is 610. The number of carbonyl (C=O) groups is 4. The maximum Gasteiger partial charge on any atom is 0.323 e. The molecule has 0 aromatic heterocycles. The molecule has 0 saturated heterocycles. The van der Waals surface area contributed by atoms with E-state index in [1.807, 2.05) is 0 Å². The zero-order valence-electron chi connectivity index (χ0n) is 19.9. The number of hydrogen-bond acceptors (Lipinski definition) is 9. The van der Waals surface area contributed by atoms with Crippen molar-refractivity contribution < 1.29 is 38.5 Å². The molecule has 0 aliphatic heterocycles. The topological polar surface area (TPSA) is 192 Å². The van der Waals surface area contributed by atoms with E-state index in [9.17, 15) is 19.2 Å². The molecular formula is C21H40N4O8. The molecule has 192 valence electrons. The Kier molecular flexibility index (Phi) is 16.0. The Morgan fingerprint density at radius 2 is 1.48 bits per heavy atom. The maximum absolute atomic E-state index is 11.8. The molecule has 0 fully saturated rings. The van der Waals surface area contributed by atoms with E-state index >= 15 is 0 Å². The van der Waals surface area contributed by atoms with Gasteiger partial charge in [0.1, 0.15) is 24.3 Å². The smallest absolute Gasteiger partial charge is 0.323 e. The van der Waals surface area contributed by atoms with Gasteiger partial charge in [0.2, 0.25) is 11.8 Å². The minimum absolute atomic E-state index is 0.102. The second-order valence-corrected chi connectivity index (χ2v) is 8.48. The van der Waals surface area contributed by atoms with Gasteiger partial charge in [-0.05, 0) is 46.5 Å². The van der Waals surface area contributed by atoms with Crippen LogP contribution in [-0.4, -0.2) is 86.1 Å². The fourth-order valence-electron chi connectivity index (χ4n) is 2.41.